The van der Waals surface area contributed by atoms with Gasteiger partial charge in [0, 0.05) is 19.4 Å². The molecule has 1 fully saturated rings. The molecule has 1 aromatic heterocycles. The summed E-state index contributed by atoms with van der Waals surface area (Å²) in [5, 5.41) is 4.88. The van der Waals surface area contributed by atoms with Gasteiger partial charge in [0.25, 0.3) is 0 Å². The van der Waals surface area contributed by atoms with Gasteiger partial charge in [-0.15, -0.1) is 0 Å². The van der Waals surface area contributed by atoms with Gasteiger partial charge in [0.05, 0.1) is 17.3 Å². The fourth-order valence-corrected chi connectivity index (χ4v) is 1.61. The summed E-state index contributed by atoms with van der Waals surface area (Å²) < 4.78 is 7.19. The number of hydrogen-bond donors (Lipinski definition) is 0. The number of hydrogen-bond acceptors (Lipinski definition) is 2. The van der Waals surface area contributed by atoms with Crippen molar-refractivity contribution in [2.75, 3.05) is 13.2 Å². The average Bonchev–Trinajstić information content (AvgIpc) is 2.54. The van der Waals surface area contributed by atoms with Gasteiger partial charge in [-0.3, -0.25) is 4.68 Å². The highest BCUT2D eigenvalue weighted by Crippen LogP contribution is 2.21. The van der Waals surface area contributed by atoms with E-state index in [4.69, 9.17) is 16.3 Å². The van der Waals surface area contributed by atoms with E-state index in [1.165, 1.54) is 0 Å². The van der Waals surface area contributed by atoms with Gasteiger partial charge >= 0.3 is 0 Å². The summed E-state index contributed by atoms with van der Waals surface area (Å²) in [4.78, 5) is 0. The van der Waals surface area contributed by atoms with Crippen molar-refractivity contribution in [3.63, 3.8) is 0 Å². The number of ether oxygens (including phenoxy) is 1. The van der Waals surface area contributed by atoms with Crippen LogP contribution in [-0.2, 0) is 4.74 Å². The van der Waals surface area contributed by atoms with Crippen molar-refractivity contribution in [3.05, 3.63) is 17.4 Å². The molecule has 0 radical (unpaired) electrons. The predicted molar refractivity (Wildman–Crippen MR) is 46.3 cm³/mol. The molecule has 0 saturated carbocycles. The van der Waals surface area contributed by atoms with E-state index in [1.54, 1.807) is 6.20 Å². The third-order valence-electron chi connectivity index (χ3n) is 2.13. The lowest BCUT2D eigenvalue weighted by atomic mass is 10.1. The van der Waals surface area contributed by atoms with Crippen LogP contribution in [0.3, 0.4) is 0 Å². The number of aromatic nitrogens is 2. The molecule has 12 heavy (non-hydrogen) atoms. The molecule has 0 aromatic carbocycles. The van der Waals surface area contributed by atoms with Crippen molar-refractivity contribution in [2.24, 2.45) is 0 Å². The molecule has 0 spiro atoms. The van der Waals surface area contributed by atoms with E-state index in [0.29, 0.717) is 11.1 Å². The van der Waals surface area contributed by atoms with E-state index >= 15 is 0 Å². The Kier molecular flexibility index (Phi) is 2.33. The fraction of sp³-hybridized carbons (Fsp3) is 0.625. The summed E-state index contributed by atoms with van der Waals surface area (Å²) in [6.07, 6.45) is 5.63. The van der Waals surface area contributed by atoms with Crippen LogP contribution in [0, 0.1) is 0 Å². The van der Waals surface area contributed by atoms with Crippen LogP contribution in [0.2, 0.25) is 5.02 Å². The average molecular weight is 187 g/mol. The fourth-order valence-electron chi connectivity index (χ4n) is 1.46. The van der Waals surface area contributed by atoms with Gasteiger partial charge in [0.1, 0.15) is 0 Å². The van der Waals surface area contributed by atoms with Gasteiger partial charge in [0.15, 0.2) is 0 Å². The highest BCUT2D eigenvalue weighted by molar-refractivity contribution is 6.30. The molecule has 66 valence electrons. The summed E-state index contributed by atoms with van der Waals surface area (Å²) in [5.74, 6) is 0. The Hall–Kier alpha value is -0.540. The lowest BCUT2D eigenvalue weighted by Crippen LogP contribution is -2.19. The van der Waals surface area contributed by atoms with Crippen LogP contribution in [-0.4, -0.2) is 23.0 Å². The minimum absolute atomic E-state index is 0.478. The lowest BCUT2D eigenvalue weighted by molar-refractivity contribution is 0.0662. The number of nitrogens with zero attached hydrogens (tertiary/aromatic N) is 2. The van der Waals surface area contributed by atoms with Gasteiger partial charge in [-0.1, -0.05) is 11.6 Å². The molecule has 0 bridgehead atoms. The van der Waals surface area contributed by atoms with Gasteiger partial charge in [-0.2, -0.15) is 5.10 Å². The van der Waals surface area contributed by atoms with Gasteiger partial charge < -0.3 is 4.74 Å². The minimum atomic E-state index is 0.478. The summed E-state index contributed by atoms with van der Waals surface area (Å²) >= 11 is 5.77. The SMILES string of the molecule is Clc1cnn(C2CCOCC2)c1. The second-order valence-electron chi connectivity index (χ2n) is 2.98. The van der Waals surface area contributed by atoms with E-state index in [9.17, 15) is 0 Å². The zero-order valence-corrected chi connectivity index (χ0v) is 7.50. The van der Waals surface area contributed by atoms with Crippen LogP contribution in [0.15, 0.2) is 12.4 Å². The Morgan fingerprint density at radius 2 is 2.25 bits per heavy atom. The van der Waals surface area contributed by atoms with Crippen LogP contribution in [0.5, 0.6) is 0 Å². The molecule has 0 unspecified atom stereocenters. The topological polar surface area (TPSA) is 27.1 Å². The third-order valence-corrected chi connectivity index (χ3v) is 2.33. The third kappa shape index (κ3) is 1.62. The van der Waals surface area contributed by atoms with E-state index in [0.717, 1.165) is 26.1 Å². The Balaban J connectivity index is 2.08. The Morgan fingerprint density at radius 3 is 2.83 bits per heavy atom. The van der Waals surface area contributed by atoms with Crippen LogP contribution in [0.4, 0.5) is 0 Å². The summed E-state index contributed by atoms with van der Waals surface area (Å²) in [6.45, 7) is 1.67. The van der Waals surface area contributed by atoms with Crippen molar-refractivity contribution in [2.45, 2.75) is 18.9 Å². The zero-order valence-electron chi connectivity index (χ0n) is 6.74. The van der Waals surface area contributed by atoms with Gasteiger partial charge in [-0.25, -0.2) is 0 Å². The number of halogens is 1. The van der Waals surface area contributed by atoms with Crippen molar-refractivity contribution in [1.29, 1.82) is 0 Å². The van der Waals surface area contributed by atoms with E-state index in [-0.39, 0.29) is 0 Å². The molecule has 2 rings (SSSR count). The first-order chi connectivity index (χ1) is 5.86. The largest absolute Gasteiger partial charge is 0.381 e. The molecule has 0 N–H and O–H groups in total. The van der Waals surface area contributed by atoms with E-state index in [1.807, 2.05) is 10.9 Å². The first-order valence-corrected chi connectivity index (χ1v) is 4.51. The van der Waals surface area contributed by atoms with Gasteiger partial charge in [0.2, 0.25) is 0 Å². The normalized spacial score (nSPS) is 19.8. The van der Waals surface area contributed by atoms with Crippen LogP contribution in [0.1, 0.15) is 18.9 Å². The van der Waals surface area contributed by atoms with E-state index in [2.05, 4.69) is 5.10 Å². The van der Waals surface area contributed by atoms with Crippen molar-refractivity contribution >= 4 is 11.6 Å². The summed E-state index contributed by atoms with van der Waals surface area (Å²) in [5.41, 5.74) is 0. The summed E-state index contributed by atoms with van der Waals surface area (Å²) in [7, 11) is 0. The molecule has 3 nitrogen and oxygen atoms in total. The number of rotatable bonds is 1. The minimum Gasteiger partial charge on any atom is -0.381 e. The first kappa shape index (κ1) is 8.08. The quantitative estimate of drug-likeness (QED) is 0.670. The second-order valence-corrected chi connectivity index (χ2v) is 3.42. The van der Waals surface area contributed by atoms with Crippen molar-refractivity contribution in [1.82, 2.24) is 9.78 Å². The lowest BCUT2D eigenvalue weighted by Gasteiger charge is -2.21. The second kappa shape index (κ2) is 3.46. The molecule has 1 aliphatic rings. The summed E-state index contributed by atoms with van der Waals surface area (Å²) in [6, 6.07) is 0.478. The predicted octanol–water partition coefficient (Wildman–Crippen LogP) is 1.89. The molecule has 1 aromatic rings. The molecule has 4 heteroatoms. The van der Waals surface area contributed by atoms with Crippen LogP contribution >= 0.6 is 11.6 Å². The zero-order chi connectivity index (χ0) is 8.39. The van der Waals surface area contributed by atoms with Gasteiger partial charge in [-0.05, 0) is 12.8 Å². The molecule has 0 amide bonds. The maximum Gasteiger partial charge on any atom is 0.0785 e. The monoisotopic (exact) mass is 186 g/mol. The molecule has 1 saturated heterocycles. The maximum absolute atomic E-state index is 5.77. The van der Waals surface area contributed by atoms with Crippen LogP contribution < -0.4 is 0 Å². The molecule has 0 atom stereocenters. The van der Waals surface area contributed by atoms with E-state index < -0.39 is 0 Å². The highest BCUT2D eigenvalue weighted by Gasteiger charge is 2.15. The molecule has 0 aliphatic carbocycles. The maximum atomic E-state index is 5.77. The molecular weight excluding hydrogens is 176 g/mol. The highest BCUT2D eigenvalue weighted by atomic mass is 35.5. The molecule has 1 aliphatic heterocycles. The smallest absolute Gasteiger partial charge is 0.0785 e. The molecular formula is C8H11ClN2O. The van der Waals surface area contributed by atoms with Crippen LogP contribution in [0.25, 0.3) is 0 Å². The van der Waals surface area contributed by atoms with Crippen molar-refractivity contribution in [3.8, 4) is 0 Å². The van der Waals surface area contributed by atoms with Crippen molar-refractivity contribution < 1.29 is 4.74 Å². The standard InChI is InChI=1S/C8H11ClN2O/c9-7-5-10-11(6-7)8-1-3-12-4-2-8/h5-6,8H,1-4H2. The Morgan fingerprint density at radius 1 is 1.50 bits per heavy atom. The Bertz CT molecular complexity index is 255. The first-order valence-electron chi connectivity index (χ1n) is 4.13. The molecule has 2 heterocycles. The Labute approximate surface area is 76.3 Å².